The molecule has 0 aromatic carbocycles. The Labute approximate surface area is 349 Å². The molecule has 0 spiro atoms. The lowest BCUT2D eigenvalue weighted by atomic mass is 10.0. The van der Waals surface area contributed by atoms with Crippen LogP contribution >= 0.6 is 0 Å². The third-order valence-corrected chi connectivity index (χ3v) is 11.6. The molecule has 3 N–H and O–H groups in total. The average Bonchev–Trinajstić information content (AvgIpc) is 3.20. The van der Waals surface area contributed by atoms with Gasteiger partial charge in [0.25, 0.3) is 0 Å². The van der Waals surface area contributed by atoms with Gasteiger partial charge < -0.3 is 20.3 Å². The van der Waals surface area contributed by atoms with Crippen LogP contribution in [0.25, 0.3) is 0 Å². The van der Waals surface area contributed by atoms with Crippen molar-refractivity contribution in [3.05, 3.63) is 12.2 Å². The molecule has 1 amide bonds. The molecule has 0 aromatic rings. The van der Waals surface area contributed by atoms with Gasteiger partial charge in [0, 0.05) is 12.8 Å². The van der Waals surface area contributed by atoms with Gasteiger partial charge in [-0.05, 0) is 51.4 Å². The summed E-state index contributed by atoms with van der Waals surface area (Å²) in [5.41, 5.74) is 0. The highest BCUT2D eigenvalue weighted by molar-refractivity contribution is 5.76. The maximum absolute atomic E-state index is 12.4. The Hall–Kier alpha value is -1.40. The number of aliphatic hydroxyl groups is 2. The standard InChI is InChI=1S/C50H97NO5/c1-3-5-7-9-11-13-15-16-17-18-19-20-24-28-32-36-40-44-50(55)56-45-41-37-33-29-25-21-23-27-31-35-39-43-49(54)51-47(46-52)48(53)42-38-34-30-26-22-14-12-10-8-6-4-2/h25,29,47-48,52-53H,3-24,26-28,30-46H2,1-2H3,(H,51,54)/b29-25-. The van der Waals surface area contributed by atoms with Crippen molar-refractivity contribution in [2.75, 3.05) is 13.2 Å². The van der Waals surface area contributed by atoms with Crippen molar-refractivity contribution in [2.45, 2.75) is 283 Å². The van der Waals surface area contributed by atoms with E-state index >= 15 is 0 Å². The van der Waals surface area contributed by atoms with Crippen molar-refractivity contribution in [3.63, 3.8) is 0 Å². The molecule has 332 valence electrons. The number of allylic oxidation sites excluding steroid dienone is 2. The molecule has 0 heterocycles. The van der Waals surface area contributed by atoms with E-state index in [1.54, 1.807) is 0 Å². The monoisotopic (exact) mass is 792 g/mol. The van der Waals surface area contributed by atoms with Crippen molar-refractivity contribution >= 4 is 11.9 Å². The summed E-state index contributed by atoms with van der Waals surface area (Å²) in [6, 6.07) is -0.559. The van der Waals surface area contributed by atoms with E-state index in [1.807, 2.05) is 0 Å². The van der Waals surface area contributed by atoms with E-state index in [2.05, 4.69) is 31.3 Å². The molecule has 0 rings (SSSR count). The SMILES string of the molecule is CCCCCCCCCCCCCCCCCCCC(=O)OCCCC/C=C\CCCCCCCC(=O)NC(CO)C(O)CCCCCCCCCCCCC. The number of carbonyl (C=O) groups excluding carboxylic acids is 2. The first kappa shape index (κ1) is 54.6. The Kier molecular flexibility index (Phi) is 45.1. The molecule has 0 aliphatic rings. The van der Waals surface area contributed by atoms with Gasteiger partial charge in [0.05, 0.1) is 25.4 Å². The quantitative estimate of drug-likeness (QED) is 0.0324. The molecule has 2 unspecified atom stereocenters. The number of carbonyl (C=O) groups is 2. The summed E-state index contributed by atoms with van der Waals surface area (Å²) in [6.07, 6.45) is 51.8. The highest BCUT2D eigenvalue weighted by Crippen LogP contribution is 2.16. The Morgan fingerprint density at radius 3 is 1.27 bits per heavy atom. The van der Waals surface area contributed by atoms with Gasteiger partial charge in [0.2, 0.25) is 5.91 Å². The molecule has 0 fully saturated rings. The predicted octanol–water partition coefficient (Wildman–Crippen LogP) is 14.6. The first-order valence-corrected chi connectivity index (χ1v) is 24.9. The van der Waals surface area contributed by atoms with Crippen molar-refractivity contribution in [3.8, 4) is 0 Å². The number of esters is 1. The average molecular weight is 792 g/mol. The summed E-state index contributed by atoms with van der Waals surface area (Å²) in [4.78, 5) is 24.4. The van der Waals surface area contributed by atoms with Gasteiger partial charge >= 0.3 is 5.97 Å². The van der Waals surface area contributed by atoms with E-state index in [1.165, 1.54) is 154 Å². The van der Waals surface area contributed by atoms with E-state index in [-0.39, 0.29) is 18.5 Å². The minimum absolute atomic E-state index is 0.0275. The number of ether oxygens (including phenoxy) is 1. The topological polar surface area (TPSA) is 95.9 Å². The van der Waals surface area contributed by atoms with E-state index in [0.29, 0.717) is 25.9 Å². The number of amides is 1. The van der Waals surface area contributed by atoms with Gasteiger partial charge in [-0.1, -0.05) is 219 Å². The van der Waals surface area contributed by atoms with Crippen LogP contribution in [-0.4, -0.2) is 47.4 Å². The normalized spacial score (nSPS) is 12.7. The zero-order valence-electron chi connectivity index (χ0n) is 37.6. The summed E-state index contributed by atoms with van der Waals surface area (Å²) < 4.78 is 5.44. The van der Waals surface area contributed by atoms with Crippen molar-refractivity contribution in [1.29, 1.82) is 0 Å². The lowest BCUT2D eigenvalue weighted by molar-refractivity contribution is -0.143. The van der Waals surface area contributed by atoms with E-state index in [0.717, 1.165) is 83.5 Å². The predicted molar refractivity (Wildman–Crippen MR) is 241 cm³/mol. The van der Waals surface area contributed by atoms with Crippen LogP contribution in [0.15, 0.2) is 12.2 Å². The van der Waals surface area contributed by atoms with Gasteiger partial charge in [-0.25, -0.2) is 0 Å². The maximum Gasteiger partial charge on any atom is 0.305 e. The second-order valence-corrected chi connectivity index (χ2v) is 17.1. The van der Waals surface area contributed by atoms with Gasteiger partial charge in [-0.15, -0.1) is 0 Å². The van der Waals surface area contributed by atoms with E-state index in [9.17, 15) is 19.8 Å². The molecule has 0 bridgehead atoms. The minimum Gasteiger partial charge on any atom is -0.466 e. The second-order valence-electron chi connectivity index (χ2n) is 17.1. The summed E-state index contributed by atoms with van der Waals surface area (Å²) in [5.74, 6) is -0.0920. The zero-order valence-corrected chi connectivity index (χ0v) is 37.6. The van der Waals surface area contributed by atoms with Crippen LogP contribution in [0.5, 0.6) is 0 Å². The van der Waals surface area contributed by atoms with E-state index in [4.69, 9.17) is 4.74 Å². The third-order valence-electron chi connectivity index (χ3n) is 11.6. The molecule has 0 saturated carbocycles. The fourth-order valence-corrected chi connectivity index (χ4v) is 7.69. The summed E-state index contributed by atoms with van der Waals surface area (Å²) >= 11 is 0. The molecule has 0 aromatic heterocycles. The van der Waals surface area contributed by atoms with Crippen LogP contribution in [0.4, 0.5) is 0 Å². The maximum atomic E-state index is 12.4. The molecule has 0 saturated heterocycles. The zero-order chi connectivity index (χ0) is 40.8. The van der Waals surface area contributed by atoms with Crippen molar-refractivity contribution in [2.24, 2.45) is 0 Å². The molecule has 2 atom stereocenters. The summed E-state index contributed by atoms with van der Waals surface area (Å²) in [7, 11) is 0. The third kappa shape index (κ3) is 42.2. The lowest BCUT2D eigenvalue weighted by Crippen LogP contribution is -2.45. The fourth-order valence-electron chi connectivity index (χ4n) is 7.69. The van der Waals surface area contributed by atoms with Crippen LogP contribution < -0.4 is 5.32 Å². The van der Waals surface area contributed by atoms with Gasteiger partial charge in [-0.2, -0.15) is 0 Å². The largest absolute Gasteiger partial charge is 0.466 e. The summed E-state index contributed by atoms with van der Waals surface area (Å²) in [6.45, 7) is 4.87. The van der Waals surface area contributed by atoms with Gasteiger partial charge in [0.1, 0.15) is 0 Å². The van der Waals surface area contributed by atoms with Gasteiger partial charge in [0.15, 0.2) is 0 Å². The number of rotatable bonds is 46. The molecule has 0 radical (unpaired) electrons. The number of aliphatic hydroxyl groups excluding tert-OH is 2. The molecular weight excluding hydrogens is 695 g/mol. The first-order valence-electron chi connectivity index (χ1n) is 24.9. The number of nitrogens with one attached hydrogen (secondary N) is 1. The van der Waals surface area contributed by atoms with E-state index < -0.39 is 12.1 Å². The highest BCUT2D eigenvalue weighted by atomic mass is 16.5. The van der Waals surface area contributed by atoms with Crippen LogP contribution in [0.1, 0.15) is 271 Å². The molecule has 56 heavy (non-hydrogen) atoms. The molecule has 6 heteroatoms. The highest BCUT2D eigenvalue weighted by Gasteiger charge is 2.20. The van der Waals surface area contributed by atoms with Crippen LogP contribution in [0, 0.1) is 0 Å². The number of unbranched alkanes of at least 4 members (excludes halogenated alkanes) is 33. The van der Waals surface area contributed by atoms with Crippen LogP contribution in [0.2, 0.25) is 0 Å². The van der Waals surface area contributed by atoms with Crippen LogP contribution in [0.3, 0.4) is 0 Å². The van der Waals surface area contributed by atoms with Gasteiger partial charge in [-0.3, -0.25) is 9.59 Å². The van der Waals surface area contributed by atoms with Crippen molar-refractivity contribution < 1.29 is 24.5 Å². The van der Waals surface area contributed by atoms with Crippen LogP contribution in [-0.2, 0) is 14.3 Å². The Morgan fingerprint density at radius 1 is 0.482 bits per heavy atom. The Bertz CT molecular complexity index is 832. The molecule has 0 aliphatic carbocycles. The molecule has 6 nitrogen and oxygen atoms in total. The van der Waals surface area contributed by atoms with Crippen molar-refractivity contribution in [1.82, 2.24) is 5.32 Å². The fraction of sp³-hybridized carbons (Fsp3) is 0.920. The summed E-state index contributed by atoms with van der Waals surface area (Å²) in [5, 5.41) is 23.1. The Morgan fingerprint density at radius 2 is 0.839 bits per heavy atom. The lowest BCUT2D eigenvalue weighted by Gasteiger charge is -2.22. The molecule has 0 aliphatic heterocycles. The number of hydrogen-bond donors (Lipinski definition) is 3. The smallest absolute Gasteiger partial charge is 0.305 e. The number of hydrogen-bond acceptors (Lipinski definition) is 5. The second kappa shape index (κ2) is 46.3. The minimum atomic E-state index is -0.679. The first-order chi connectivity index (χ1) is 27.5. The molecular formula is C50H97NO5. The Balaban J connectivity index is 3.48.